The van der Waals surface area contributed by atoms with Gasteiger partial charge in [-0.15, -0.1) is 0 Å². The van der Waals surface area contributed by atoms with Crippen LogP contribution in [0.2, 0.25) is 0 Å². The van der Waals surface area contributed by atoms with Gasteiger partial charge in [-0.3, -0.25) is 0 Å². The van der Waals surface area contributed by atoms with Gasteiger partial charge in [-0.2, -0.15) is 0 Å². The Kier molecular flexibility index (Phi) is 7.05. The van der Waals surface area contributed by atoms with Crippen molar-refractivity contribution in [3.63, 3.8) is 0 Å². The van der Waals surface area contributed by atoms with Gasteiger partial charge in [0.2, 0.25) is 0 Å². The van der Waals surface area contributed by atoms with Gasteiger partial charge in [-0.1, -0.05) is 26.0 Å². The molecule has 1 N–H and O–H groups in total. The molecule has 2 amide bonds. The Morgan fingerprint density at radius 3 is 2.52 bits per heavy atom. The normalized spacial score (nSPS) is 17.0. The second-order valence-electron chi connectivity index (χ2n) is 7.20. The molecular formula is C19H30FN3O2. The number of benzene rings is 1. The highest BCUT2D eigenvalue weighted by molar-refractivity contribution is 5.74. The molecule has 1 aliphatic heterocycles. The quantitative estimate of drug-likeness (QED) is 0.857. The van der Waals surface area contributed by atoms with Gasteiger partial charge in [0.25, 0.3) is 0 Å². The van der Waals surface area contributed by atoms with Crippen molar-refractivity contribution in [2.75, 3.05) is 33.7 Å². The maximum absolute atomic E-state index is 13.7. The van der Waals surface area contributed by atoms with Gasteiger partial charge in [0.05, 0.1) is 0 Å². The molecule has 0 bridgehead atoms. The van der Waals surface area contributed by atoms with Crippen molar-refractivity contribution in [3.05, 3.63) is 30.1 Å². The summed E-state index contributed by atoms with van der Waals surface area (Å²) in [7, 11) is 4.06. The average Bonchev–Trinajstić information content (AvgIpc) is 2.57. The molecule has 0 radical (unpaired) electrons. The molecule has 0 unspecified atom stereocenters. The monoisotopic (exact) mass is 351 g/mol. The van der Waals surface area contributed by atoms with E-state index in [0.717, 1.165) is 0 Å². The summed E-state index contributed by atoms with van der Waals surface area (Å²) in [5.74, 6) is 0.414. The number of likely N-dealkylation sites (N-methyl/N-ethyl adjacent to an activating group) is 1. The van der Waals surface area contributed by atoms with Crippen LogP contribution in [0.4, 0.5) is 9.18 Å². The number of rotatable bonds is 6. The molecule has 5 nitrogen and oxygen atoms in total. The summed E-state index contributed by atoms with van der Waals surface area (Å²) in [4.78, 5) is 16.3. The summed E-state index contributed by atoms with van der Waals surface area (Å²) < 4.78 is 19.4. The summed E-state index contributed by atoms with van der Waals surface area (Å²) in [5.41, 5.74) is 0. The molecule has 140 valence electrons. The fourth-order valence-corrected chi connectivity index (χ4v) is 3.21. The highest BCUT2D eigenvalue weighted by Crippen LogP contribution is 2.21. The Balaban J connectivity index is 1.77. The van der Waals surface area contributed by atoms with Crippen LogP contribution in [0, 0.1) is 11.7 Å². The van der Waals surface area contributed by atoms with E-state index in [4.69, 9.17) is 4.74 Å². The van der Waals surface area contributed by atoms with Gasteiger partial charge in [0.1, 0.15) is 6.10 Å². The van der Waals surface area contributed by atoms with Gasteiger partial charge < -0.3 is 19.9 Å². The predicted octanol–water partition coefficient (Wildman–Crippen LogP) is 2.96. The number of hydrogen-bond acceptors (Lipinski definition) is 3. The predicted molar refractivity (Wildman–Crippen MR) is 97.3 cm³/mol. The van der Waals surface area contributed by atoms with Crippen LogP contribution < -0.4 is 10.1 Å². The zero-order chi connectivity index (χ0) is 18.4. The Bertz CT molecular complexity index is 549. The summed E-state index contributed by atoms with van der Waals surface area (Å²) in [5, 5.41) is 3.03. The number of carbonyl (C=O) groups excluding carboxylic acids is 1. The molecule has 0 saturated carbocycles. The first-order valence-corrected chi connectivity index (χ1v) is 8.99. The molecule has 1 saturated heterocycles. The molecule has 1 aliphatic rings. The fraction of sp³-hybridized carbons (Fsp3) is 0.632. The summed E-state index contributed by atoms with van der Waals surface area (Å²) in [6.07, 6.45) is 1.37. The van der Waals surface area contributed by atoms with Crippen LogP contribution in [0.3, 0.4) is 0 Å². The maximum atomic E-state index is 13.7. The minimum atomic E-state index is -0.342. The molecule has 1 aromatic rings. The van der Waals surface area contributed by atoms with Crippen LogP contribution in [0.1, 0.15) is 26.7 Å². The van der Waals surface area contributed by atoms with Crippen LogP contribution in [-0.4, -0.2) is 61.7 Å². The second kappa shape index (κ2) is 9.04. The van der Waals surface area contributed by atoms with Gasteiger partial charge in [-0.25, -0.2) is 9.18 Å². The lowest BCUT2D eigenvalue weighted by Gasteiger charge is -2.33. The van der Waals surface area contributed by atoms with Gasteiger partial charge in [0, 0.05) is 38.5 Å². The van der Waals surface area contributed by atoms with Crippen molar-refractivity contribution in [1.29, 1.82) is 0 Å². The minimum absolute atomic E-state index is 0.0307. The molecule has 0 aromatic heterocycles. The second-order valence-corrected chi connectivity index (χ2v) is 7.20. The van der Waals surface area contributed by atoms with Gasteiger partial charge >= 0.3 is 6.03 Å². The third-order valence-electron chi connectivity index (χ3n) is 4.75. The Morgan fingerprint density at radius 1 is 1.32 bits per heavy atom. The Labute approximate surface area is 150 Å². The van der Waals surface area contributed by atoms with E-state index in [1.165, 1.54) is 6.07 Å². The first-order chi connectivity index (χ1) is 11.9. The summed E-state index contributed by atoms with van der Waals surface area (Å²) >= 11 is 0. The smallest absolute Gasteiger partial charge is 0.317 e. The lowest BCUT2D eigenvalue weighted by atomic mass is 10.0. The van der Waals surface area contributed by atoms with E-state index in [0.29, 0.717) is 44.4 Å². The number of nitrogens with zero attached hydrogens (tertiary/aromatic N) is 2. The number of piperidine rings is 1. The average molecular weight is 351 g/mol. The van der Waals surface area contributed by atoms with E-state index in [9.17, 15) is 9.18 Å². The van der Waals surface area contributed by atoms with E-state index in [-0.39, 0.29) is 23.7 Å². The molecular weight excluding hydrogens is 321 g/mol. The number of halogens is 1. The van der Waals surface area contributed by atoms with Crippen molar-refractivity contribution in [2.24, 2.45) is 5.92 Å². The van der Waals surface area contributed by atoms with E-state index in [1.807, 2.05) is 19.0 Å². The topological polar surface area (TPSA) is 44.8 Å². The molecule has 1 fully saturated rings. The van der Waals surface area contributed by atoms with Crippen LogP contribution in [-0.2, 0) is 0 Å². The standard InChI is InChI=1S/C19H30FN3O2/c1-14(2)17(22(3)4)13-21-19(24)23-11-9-15(10-12-23)25-18-8-6-5-7-16(18)20/h5-8,14-15,17H,9-13H2,1-4H3,(H,21,24)/t17-/m0/s1. The molecule has 0 spiro atoms. The number of hydrogen-bond donors (Lipinski definition) is 1. The number of likely N-dealkylation sites (tertiary alicyclic amines) is 1. The van der Waals surface area contributed by atoms with E-state index < -0.39 is 0 Å². The number of urea groups is 1. The Hall–Kier alpha value is -1.82. The molecule has 25 heavy (non-hydrogen) atoms. The molecule has 0 aliphatic carbocycles. The first kappa shape index (κ1) is 19.5. The third-order valence-corrected chi connectivity index (χ3v) is 4.75. The van der Waals surface area contributed by atoms with Crippen molar-refractivity contribution in [3.8, 4) is 5.75 Å². The van der Waals surface area contributed by atoms with Crippen LogP contribution in [0.5, 0.6) is 5.75 Å². The first-order valence-electron chi connectivity index (χ1n) is 8.99. The number of ether oxygens (including phenoxy) is 1. The maximum Gasteiger partial charge on any atom is 0.317 e. The number of para-hydroxylation sites is 1. The number of nitrogens with one attached hydrogen (secondary N) is 1. The third kappa shape index (κ3) is 5.59. The lowest BCUT2D eigenvalue weighted by Crippen LogP contribution is -2.50. The van der Waals surface area contributed by atoms with Crippen LogP contribution >= 0.6 is 0 Å². The minimum Gasteiger partial charge on any atom is -0.487 e. The SMILES string of the molecule is CC(C)[C@H](CNC(=O)N1CCC(Oc2ccccc2F)CC1)N(C)C. The zero-order valence-corrected chi connectivity index (χ0v) is 15.7. The van der Waals surface area contributed by atoms with Crippen LogP contribution in [0.15, 0.2) is 24.3 Å². The molecule has 6 heteroatoms. The number of carbonyl (C=O) groups is 1. The zero-order valence-electron chi connectivity index (χ0n) is 15.7. The Morgan fingerprint density at radius 2 is 1.96 bits per heavy atom. The summed E-state index contributed by atoms with van der Waals surface area (Å²) in [6, 6.07) is 6.72. The van der Waals surface area contributed by atoms with Crippen molar-refractivity contribution < 1.29 is 13.9 Å². The fourth-order valence-electron chi connectivity index (χ4n) is 3.21. The van der Waals surface area contributed by atoms with Crippen LogP contribution in [0.25, 0.3) is 0 Å². The van der Waals surface area contributed by atoms with Crippen molar-refractivity contribution in [2.45, 2.75) is 38.8 Å². The van der Waals surface area contributed by atoms with Crippen molar-refractivity contribution in [1.82, 2.24) is 15.1 Å². The van der Waals surface area contributed by atoms with E-state index >= 15 is 0 Å². The lowest BCUT2D eigenvalue weighted by molar-refractivity contribution is 0.106. The molecule has 1 atom stereocenters. The molecule has 1 heterocycles. The van der Waals surface area contributed by atoms with E-state index in [1.54, 1.807) is 18.2 Å². The highest BCUT2D eigenvalue weighted by atomic mass is 19.1. The largest absolute Gasteiger partial charge is 0.487 e. The molecule has 1 aromatic carbocycles. The van der Waals surface area contributed by atoms with Gasteiger partial charge in [0.15, 0.2) is 11.6 Å². The summed E-state index contributed by atoms with van der Waals surface area (Å²) in [6.45, 7) is 6.19. The van der Waals surface area contributed by atoms with Gasteiger partial charge in [-0.05, 0) is 32.1 Å². The van der Waals surface area contributed by atoms with Crippen molar-refractivity contribution >= 4 is 6.03 Å². The number of amides is 2. The van der Waals surface area contributed by atoms with E-state index in [2.05, 4.69) is 24.1 Å². The highest BCUT2D eigenvalue weighted by Gasteiger charge is 2.25. The molecule has 2 rings (SSSR count).